The van der Waals surface area contributed by atoms with E-state index in [0.29, 0.717) is 12.3 Å². The van der Waals surface area contributed by atoms with Gasteiger partial charge in [0.15, 0.2) is 12.7 Å². The number of aliphatic carboxylic acids is 1. The van der Waals surface area contributed by atoms with E-state index in [1.54, 1.807) is 0 Å². The summed E-state index contributed by atoms with van der Waals surface area (Å²) in [6.07, 6.45) is 2.39. The van der Waals surface area contributed by atoms with Crippen molar-refractivity contribution in [2.75, 3.05) is 26.3 Å². The van der Waals surface area contributed by atoms with E-state index in [2.05, 4.69) is 6.07 Å². The van der Waals surface area contributed by atoms with Crippen LogP contribution < -0.4 is 4.74 Å². The van der Waals surface area contributed by atoms with Gasteiger partial charge < -0.3 is 19.5 Å². The number of carbonyl (C=O) groups excluding carboxylic acids is 1. The van der Waals surface area contributed by atoms with E-state index in [1.807, 2.05) is 12.1 Å². The van der Waals surface area contributed by atoms with Crippen LogP contribution in [0.15, 0.2) is 18.2 Å². The van der Waals surface area contributed by atoms with Crippen LogP contribution in [0.5, 0.6) is 5.75 Å². The summed E-state index contributed by atoms with van der Waals surface area (Å²) in [7, 11) is 0. The summed E-state index contributed by atoms with van der Waals surface area (Å²) in [4.78, 5) is 24.5. The van der Waals surface area contributed by atoms with E-state index in [0.717, 1.165) is 12.8 Å². The highest BCUT2D eigenvalue weighted by Crippen LogP contribution is 2.26. The summed E-state index contributed by atoms with van der Waals surface area (Å²) in [5.74, 6) is -0.566. The molecule has 1 heterocycles. The van der Waals surface area contributed by atoms with Crippen LogP contribution in [-0.4, -0.2) is 54.3 Å². The number of aryl methyl sites for hydroxylation is 2. The van der Waals surface area contributed by atoms with Gasteiger partial charge in [-0.05, 0) is 42.5 Å². The summed E-state index contributed by atoms with van der Waals surface area (Å²) in [6, 6.07) is 5.93. The minimum Gasteiger partial charge on any atom is -0.484 e. The fourth-order valence-electron chi connectivity index (χ4n) is 2.90. The van der Waals surface area contributed by atoms with E-state index >= 15 is 0 Å². The van der Waals surface area contributed by atoms with Gasteiger partial charge in [0, 0.05) is 6.54 Å². The average molecular weight is 305 g/mol. The van der Waals surface area contributed by atoms with Crippen molar-refractivity contribution in [3.8, 4) is 5.75 Å². The summed E-state index contributed by atoms with van der Waals surface area (Å²) in [6.45, 7) is 0.630. The molecule has 1 aromatic rings. The molecule has 1 atom stereocenters. The van der Waals surface area contributed by atoms with Crippen LogP contribution in [0.25, 0.3) is 0 Å². The Hall–Kier alpha value is -2.08. The van der Waals surface area contributed by atoms with E-state index < -0.39 is 12.1 Å². The van der Waals surface area contributed by atoms with Crippen molar-refractivity contribution in [3.05, 3.63) is 29.3 Å². The van der Waals surface area contributed by atoms with Gasteiger partial charge in [-0.25, -0.2) is 4.79 Å². The Balaban J connectivity index is 1.54. The number of rotatable bonds is 4. The Labute approximate surface area is 128 Å². The molecule has 1 aliphatic heterocycles. The number of morpholine rings is 1. The molecule has 118 valence electrons. The van der Waals surface area contributed by atoms with Crippen molar-refractivity contribution in [2.24, 2.45) is 0 Å². The van der Waals surface area contributed by atoms with Crippen LogP contribution in [0.4, 0.5) is 0 Å². The lowest BCUT2D eigenvalue weighted by atomic mass is 10.1. The minimum absolute atomic E-state index is 0.0711. The van der Waals surface area contributed by atoms with Gasteiger partial charge in [0.1, 0.15) is 5.75 Å². The maximum Gasteiger partial charge on any atom is 0.334 e. The number of hydrogen-bond acceptors (Lipinski definition) is 4. The van der Waals surface area contributed by atoms with E-state index in [9.17, 15) is 9.59 Å². The zero-order valence-electron chi connectivity index (χ0n) is 12.3. The molecule has 0 aromatic heterocycles. The van der Waals surface area contributed by atoms with Crippen molar-refractivity contribution in [1.82, 2.24) is 4.90 Å². The number of carboxylic acids is 1. The van der Waals surface area contributed by atoms with Gasteiger partial charge in [0.05, 0.1) is 13.2 Å². The second kappa shape index (κ2) is 6.36. The van der Waals surface area contributed by atoms with Crippen LogP contribution in [0.2, 0.25) is 0 Å². The van der Waals surface area contributed by atoms with Crippen molar-refractivity contribution in [3.63, 3.8) is 0 Å². The third kappa shape index (κ3) is 3.22. The summed E-state index contributed by atoms with van der Waals surface area (Å²) >= 11 is 0. The fraction of sp³-hybridized carbons (Fsp3) is 0.500. The minimum atomic E-state index is -1.04. The molecule has 1 aromatic carbocycles. The Morgan fingerprint density at radius 1 is 1.32 bits per heavy atom. The second-order valence-electron chi connectivity index (χ2n) is 5.61. The van der Waals surface area contributed by atoms with Gasteiger partial charge in [0.2, 0.25) is 0 Å². The predicted octanol–water partition coefficient (Wildman–Crippen LogP) is 0.866. The van der Waals surface area contributed by atoms with Gasteiger partial charge >= 0.3 is 5.97 Å². The first-order valence-electron chi connectivity index (χ1n) is 7.50. The summed E-state index contributed by atoms with van der Waals surface area (Å²) < 4.78 is 10.7. The lowest BCUT2D eigenvalue weighted by molar-refractivity contribution is -0.159. The zero-order valence-corrected chi connectivity index (χ0v) is 12.3. The van der Waals surface area contributed by atoms with Crippen LogP contribution in [-0.2, 0) is 27.2 Å². The Kier molecular flexibility index (Phi) is 4.29. The van der Waals surface area contributed by atoms with E-state index in [1.165, 1.54) is 22.4 Å². The van der Waals surface area contributed by atoms with Crippen LogP contribution in [0, 0.1) is 0 Å². The lowest BCUT2D eigenvalue weighted by Crippen LogP contribution is -2.49. The number of ether oxygens (including phenoxy) is 2. The Morgan fingerprint density at radius 3 is 2.95 bits per heavy atom. The quantitative estimate of drug-likeness (QED) is 0.893. The molecular formula is C16H19NO5. The molecule has 22 heavy (non-hydrogen) atoms. The topological polar surface area (TPSA) is 76.1 Å². The molecule has 1 saturated heterocycles. The highest BCUT2D eigenvalue weighted by Gasteiger charge is 2.29. The number of fused-ring (bicyclic) bond motifs is 1. The molecule has 0 spiro atoms. The molecule has 2 aliphatic rings. The largest absolute Gasteiger partial charge is 0.484 e. The second-order valence-corrected chi connectivity index (χ2v) is 5.61. The third-order valence-corrected chi connectivity index (χ3v) is 4.13. The molecule has 1 N–H and O–H groups in total. The number of hydrogen-bond donors (Lipinski definition) is 1. The third-order valence-electron chi connectivity index (χ3n) is 4.13. The van der Waals surface area contributed by atoms with Gasteiger partial charge in [-0.1, -0.05) is 6.07 Å². The molecule has 0 saturated carbocycles. The number of carboxylic acid groups (broad SMARTS) is 1. The number of amides is 1. The first-order valence-corrected chi connectivity index (χ1v) is 7.50. The maximum absolute atomic E-state index is 12.1. The summed E-state index contributed by atoms with van der Waals surface area (Å²) in [5, 5.41) is 8.94. The number of nitrogens with zero attached hydrogens (tertiary/aromatic N) is 1. The molecule has 0 bridgehead atoms. The fourth-order valence-corrected chi connectivity index (χ4v) is 2.90. The molecule has 1 fully saturated rings. The number of benzene rings is 1. The monoisotopic (exact) mass is 305 g/mol. The number of carbonyl (C=O) groups is 2. The smallest absolute Gasteiger partial charge is 0.334 e. The highest BCUT2D eigenvalue weighted by atomic mass is 16.5. The molecule has 6 heteroatoms. The van der Waals surface area contributed by atoms with E-state index in [4.69, 9.17) is 14.6 Å². The normalized spacial score (nSPS) is 20.5. The van der Waals surface area contributed by atoms with Crippen molar-refractivity contribution < 1.29 is 24.2 Å². The average Bonchev–Trinajstić information content (AvgIpc) is 3.00. The SMILES string of the molecule is O=C(O)C1CN(C(=O)COc2ccc3c(c2)CCC3)CCO1. The first kappa shape index (κ1) is 14.8. The van der Waals surface area contributed by atoms with Crippen molar-refractivity contribution in [1.29, 1.82) is 0 Å². The van der Waals surface area contributed by atoms with Crippen LogP contribution >= 0.6 is 0 Å². The molecular weight excluding hydrogens is 286 g/mol. The zero-order chi connectivity index (χ0) is 15.5. The van der Waals surface area contributed by atoms with Crippen LogP contribution in [0.1, 0.15) is 17.5 Å². The van der Waals surface area contributed by atoms with Crippen molar-refractivity contribution in [2.45, 2.75) is 25.4 Å². The van der Waals surface area contributed by atoms with E-state index in [-0.39, 0.29) is 25.7 Å². The van der Waals surface area contributed by atoms with Crippen molar-refractivity contribution >= 4 is 11.9 Å². The predicted molar refractivity (Wildman–Crippen MR) is 77.9 cm³/mol. The molecule has 1 unspecified atom stereocenters. The molecule has 3 rings (SSSR count). The molecule has 1 amide bonds. The highest BCUT2D eigenvalue weighted by molar-refractivity contribution is 5.79. The molecule has 6 nitrogen and oxygen atoms in total. The van der Waals surface area contributed by atoms with Gasteiger partial charge in [-0.2, -0.15) is 0 Å². The molecule has 1 aliphatic carbocycles. The summed E-state index contributed by atoms with van der Waals surface area (Å²) in [5.41, 5.74) is 2.65. The van der Waals surface area contributed by atoms with Gasteiger partial charge in [0.25, 0.3) is 5.91 Å². The van der Waals surface area contributed by atoms with Crippen LogP contribution in [0.3, 0.4) is 0 Å². The lowest BCUT2D eigenvalue weighted by Gasteiger charge is -2.30. The first-order chi connectivity index (χ1) is 10.6. The molecule has 0 radical (unpaired) electrons. The standard InChI is InChI=1S/C16H19NO5/c18-15(17-6-7-21-14(9-17)16(19)20)10-22-13-5-4-11-2-1-3-12(11)8-13/h4-5,8,14H,1-3,6-7,9-10H2,(H,19,20). The van der Waals surface area contributed by atoms with Gasteiger partial charge in [-0.3, -0.25) is 4.79 Å². The Bertz CT molecular complexity index is 586. The maximum atomic E-state index is 12.1. The van der Waals surface area contributed by atoms with Gasteiger partial charge in [-0.15, -0.1) is 0 Å². The Morgan fingerprint density at radius 2 is 2.14 bits per heavy atom.